The second-order valence-electron chi connectivity index (χ2n) is 6.12. The van der Waals surface area contributed by atoms with E-state index in [-0.39, 0.29) is 56.3 Å². The fraction of sp³-hybridized carbons (Fsp3) is 0.400. The number of hydrogen-bond acceptors (Lipinski definition) is 4. The molecule has 2 rings (SSSR count). The summed E-state index contributed by atoms with van der Waals surface area (Å²) < 4.78 is 40.7. The molecular formula is C20H25KO4S. The van der Waals surface area contributed by atoms with Crippen molar-refractivity contribution in [3.8, 4) is 11.5 Å². The molecule has 26 heavy (non-hydrogen) atoms. The van der Waals surface area contributed by atoms with E-state index in [1.807, 2.05) is 18.2 Å². The Balaban J connectivity index is 0.00000338. The van der Waals surface area contributed by atoms with Gasteiger partial charge in [-0.25, -0.2) is 8.42 Å². The largest absolute Gasteiger partial charge is 1.00 e. The third-order valence-electron chi connectivity index (χ3n) is 4.11. The average molecular weight is 401 g/mol. The summed E-state index contributed by atoms with van der Waals surface area (Å²) in [4.78, 5) is -0.172. The minimum Gasteiger partial charge on any atom is -0.744 e. The van der Waals surface area contributed by atoms with Crippen molar-refractivity contribution in [1.29, 1.82) is 0 Å². The Kier molecular flexibility index (Phi) is 11.3. The summed E-state index contributed by atoms with van der Waals surface area (Å²) in [5, 5.41) is 0. The van der Waals surface area contributed by atoms with Crippen molar-refractivity contribution in [1.82, 2.24) is 0 Å². The number of unbranched alkanes of at least 4 members (excludes halogenated alkanes) is 5. The van der Waals surface area contributed by atoms with Gasteiger partial charge in [0.15, 0.2) is 0 Å². The summed E-state index contributed by atoms with van der Waals surface area (Å²) in [5.74, 6) is 1.06. The zero-order valence-corrected chi connectivity index (χ0v) is 19.5. The van der Waals surface area contributed by atoms with Crippen molar-refractivity contribution in [3.63, 3.8) is 0 Å². The molecule has 0 radical (unpaired) electrons. The van der Waals surface area contributed by atoms with Gasteiger partial charge in [-0.05, 0) is 37.1 Å². The predicted octanol–water partition coefficient (Wildman–Crippen LogP) is 2.29. The second-order valence-corrected chi connectivity index (χ2v) is 7.47. The Morgan fingerprint density at radius 1 is 0.885 bits per heavy atom. The third-order valence-corrected chi connectivity index (χ3v) is 5.03. The van der Waals surface area contributed by atoms with Crippen LogP contribution < -0.4 is 56.1 Å². The first-order chi connectivity index (χ1) is 12.0. The van der Waals surface area contributed by atoms with Gasteiger partial charge in [0.2, 0.25) is 0 Å². The van der Waals surface area contributed by atoms with E-state index in [0.29, 0.717) is 23.5 Å². The van der Waals surface area contributed by atoms with Crippen LogP contribution in [0.1, 0.15) is 51.0 Å². The molecule has 0 spiro atoms. The molecule has 0 bridgehead atoms. The van der Waals surface area contributed by atoms with E-state index >= 15 is 0 Å². The van der Waals surface area contributed by atoms with Crippen LogP contribution in [0, 0.1) is 0 Å². The number of hydrogen-bond donors (Lipinski definition) is 0. The van der Waals surface area contributed by atoms with Gasteiger partial charge in [0, 0.05) is 5.56 Å². The Bertz CT molecular complexity index is 761. The molecule has 6 heteroatoms. The Morgan fingerprint density at radius 3 is 2.19 bits per heavy atom. The Labute approximate surface area is 199 Å². The van der Waals surface area contributed by atoms with Crippen LogP contribution in [0.15, 0.2) is 53.4 Å². The van der Waals surface area contributed by atoms with Crippen LogP contribution in [0.25, 0.3) is 0 Å². The maximum atomic E-state index is 11.6. The average Bonchev–Trinajstić information content (AvgIpc) is 2.59. The summed E-state index contributed by atoms with van der Waals surface area (Å²) in [5.41, 5.74) is 0.483. The normalized spacial score (nSPS) is 11.0. The van der Waals surface area contributed by atoms with Gasteiger partial charge in [0.25, 0.3) is 0 Å². The third kappa shape index (κ3) is 7.80. The van der Waals surface area contributed by atoms with E-state index < -0.39 is 10.1 Å². The zero-order chi connectivity index (χ0) is 18.1. The Hall–Kier alpha value is -0.214. The number of rotatable bonds is 10. The minimum absolute atomic E-state index is 0. The fourth-order valence-electron chi connectivity index (χ4n) is 2.82. The number of benzene rings is 2. The van der Waals surface area contributed by atoms with Crippen LogP contribution in [0.5, 0.6) is 11.5 Å². The molecule has 0 fully saturated rings. The van der Waals surface area contributed by atoms with Crippen molar-refractivity contribution in [2.75, 3.05) is 0 Å². The second kappa shape index (κ2) is 12.3. The SMILES string of the molecule is CCCCCCCCc1c(Oc2ccccc2)cccc1S(=O)(=O)[O-].[K+]. The molecule has 0 amide bonds. The van der Waals surface area contributed by atoms with Gasteiger partial charge in [0.1, 0.15) is 21.6 Å². The molecule has 0 N–H and O–H groups in total. The van der Waals surface area contributed by atoms with Gasteiger partial charge in [-0.1, -0.05) is 63.3 Å². The molecule has 2 aromatic carbocycles. The maximum absolute atomic E-state index is 11.6. The van der Waals surface area contributed by atoms with Gasteiger partial charge in [-0.2, -0.15) is 0 Å². The molecule has 0 aromatic heterocycles. The van der Waals surface area contributed by atoms with Gasteiger partial charge in [-0.3, -0.25) is 0 Å². The minimum atomic E-state index is -4.53. The van der Waals surface area contributed by atoms with E-state index in [4.69, 9.17) is 4.74 Å². The number of para-hydroxylation sites is 1. The molecule has 0 saturated heterocycles. The van der Waals surface area contributed by atoms with Crippen LogP contribution >= 0.6 is 0 Å². The first-order valence-electron chi connectivity index (χ1n) is 8.83. The van der Waals surface area contributed by atoms with Gasteiger partial charge < -0.3 is 9.29 Å². The van der Waals surface area contributed by atoms with E-state index in [1.165, 1.54) is 25.3 Å². The van der Waals surface area contributed by atoms with Crippen LogP contribution in [-0.4, -0.2) is 13.0 Å². The van der Waals surface area contributed by atoms with Crippen LogP contribution in [0.4, 0.5) is 0 Å². The molecule has 2 aromatic rings. The van der Waals surface area contributed by atoms with Gasteiger partial charge >= 0.3 is 51.4 Å². The summed E-state index contributed by atoms with van der Waals surface area (Å²) in [6.45, 7) is 2.17. The number of ether oxygens (including phenoxy) is 1. The molecule has 0 saturated carbocycles. The summed E-state index contributed by atoms with van der Waals surface area (Å²) in [7, 11) is -4.53. The van der Waals surface area contributed by atoms with Crippen LogP contribution in [-0.2, 0) is 16.5 Å². The Morgan fingerprint density at radius 2 is 1.54 bits per heavy atom. The molecular weight excluding hydrogens is 375 g/mol. The molecule has 0 heterocycles. The summed E-state index contributed by atoms with van der Waals surface area (Å²) >= 11 is 0. The molecule has 0 aliphatic carbocycles. The molecule has 4 nitrogen and oxygen atoms in total. The van der Waals surface area contributed by atoms with Crippen molar-refractivity contribution >= 4 is 10.1 Å². The fourth-order valence-corrected chi connectivity index (χ4v) is 3.57. The molecule has 0 atom stereocenters. The monoisotopic (exact) mass is 400 g/mol. The maximum Gasteiger partial charge on any atom is 1.00 e. The quantitative estimate of drug-likeness (QED) is 0.349. The van der Waals surface area contributed by atoms with E-state index in [1.54, 1.807) is 24.3 Å². The summed E-state index contributed by atoms with van der Waals surface area (Å²) in [6.07, 6.45) is 7.08. The van der Waals surface area contributed by atoms with Crippen LogP contribution in [0.2, 0.25) is 0 Å². The van der Waals surface area contributed by atoms with Crippen molar-refractivity contribution < 1.29 is 69.1 Å². The van der Waals surface area contributed by atoms with E-state index in [0.717, 1.165) is 19.3 Å². The predicted molar refractivity (Wildman–Crippen MR) is 98.0 cm³/mol. The topological polar surface area (TPSA) is 66.4 Å². The first-order valence-corrected chi connectivity index (χ1v) is 10.2. The smallest absolute Gasteiger partial charge is 0.744 e. The summed E-state index contributed by atoms with van der Waals surface area (Å²) in [6, 6.07) is 13.8. The van der Waals surface area contributed by atoms with Gasteiger partial charge in [0.05, 0.1) is 4.90 Å². The van der Waals surface area contributed by atoms with E-state index in [2.05, 4.69) is 6.92 Å². The molecule has 0 unspecified atom stereocenters. The van der Waals surface area contributed by atoms with E-state index in [9.17, 15) is 13.0 Å². The van der Waals surface area contributed by atoms with Crippen molar-refractivity contribution in [3.05, 3.63) is 54.1 Å². The first kappa shape index (κ1) is 23.8. The molecule has 0 aliphatic heterocycles. The molecule has 136 valence electrons. The molecule has 0 aliphatic rings. The van der Waals surface area contributed by atoms with Crippen LogP contribution in [0.3, 0.4) is 0 Å². The standard InChI is InChI=1S/C20H26O4S.K/c1-2-3-4-5-6-10-14-18-19(24-17-12-8-7-9-13-17)15-11-16-20(18)25(21,22)23;/h7-9,11-13,15-16H,2-6,10,14H2,1H3,(H,21,22,23);/q;+1/p-1. The van der Waals surface area contributed by atoms with Gasteiger partial charge in [-0.15, -0.1) is 0 Å². The van der Waals surface area contributed by atoms with Crippen molar-refractivity contribution in [2.24, 2.45) is 0 Å². The van der Waals surface area contributed by atoms with Crippen molar-refractivity contribution in [2.45, 2.75) is 56.8 Å². The zero-order valence-electron chi connectivity index (χ0n) is 15.6.